The number of nitrogens with one attached hydrogen (secondary N) is 3. The van der Waals surface area contributed by atoms with E-state index in [1.54, 1.807) is 19.2 Å². The number of aromatic amines is 1. The zero-order chi connectivity index (χ0) is 27.4. The SMILES string of the molecule is COc1ccc(Cl)cc1N1CCN(C(=O)c2cc3c(NCCNC(C)=O)nc(-c4ccccc4)nc3[nH]2)CC1. The van der Waals surface area contributed by atoms with Crippen LogP contribution in [0.2, 0.25) is 5.02 Å². The van der Waals surface area contributed by atoms with Gasteiger partial charge in [-0.25, -0.2) is 9.97 Å². The number of hydrogen-bond donors (Lipinski definition) is 3. The highest BCUT2D eigenvalue weighted by atomic mass is 35.5. The van der Waals surface area contributed by atoms with Crippen molar-refractivity contribution in [3.05, 3.63) is 65.3 Å². The number of amides is 2. The van der Waals surface area contributed by atoms with Crippen molar-refractivity contribution < 1.29 is 14.3 Å². The van der Waals surface area contributed by atoms with Crippen LogP contribution in [0.4, 0.5) is 11.5 Å². The van der Waals surface area contributed by atoms with E-state index in [0.29, 0.717) is 72.7 Å². The zero-order valence-electron chi connectivity index (χ0n) is 21.8. The molecule has 1 saturated heterocycles. The van der Waals surface area contributed by atoms with E-state index in [0.717, 1.165) is 17.0 Å². The van der Waals surface area contributed by atoms with Crippen LogP contribution in [0.5, 0.6) is 5.75 Å². The summed E-state index contributed by atoms with van der Waals surface area (Å²) in [5.41, 5.74) is 2.79. The molecule has 1 fully saturated rings. The minimum atomic E-state index is -0.101. The first kappa shape index (κ1) is 26.3. The van der Waals surface area contributed by atoms with Crippen LogP contribution in [0, 0.1) is 0 Å². The molecule has 0 spiro atoms. The standard InChI is InChI=1S/C28H30ClN7O3/c1-18(37)30-10-11-31-26-21-17-22(32-27(21)34-25(33-26)19-6-4-3-5-7-19)28(38)36-14-12-35(13-15-36)23-16-20(29)8-9-24(23)39-2/h3-9,16-17H,10-15H2,1-2H3,(H,30,37)(H2,31,32,33,34). The van der Waals surface area contributed by atoms with E-state index in [1.807, 2.05) is 47.4 Å². The first-order valence-electron chi connectivity index (χ1n) is 12.7. The lowest BCUT2D eigenvalue weighted by Gasteiger charge is -2.36. The molecule has 5 rings (SSSR count). The molecular weight excluding hydrogens is 518 g/mol. The summed E-state index contributed by atoms with van der Waals surface area (Å²) >= 11 is 6.22. The molecule has 202 valence electrons. The Morgan fingerprint density at radius 1 is 1.03 bits per heavy atom. The van der Waals surface area contributed by atoms with Crippen molar-refractivity contribution in [1.82, 2.24) is 25.2 Å². The van der Waals surface area contributed by atoms with Crippen molar-refractivity contribution in [2.45, 2.75) is 6.92 Å². The third-order valence-corrected chi connectivity index (χ3v) is 6.82. The number of halogens is 1. The maximum atomic E-state index is 13.5. The zero-order valence-corrected chi connectivity index (χ0v) is 22.6. The number of piperazine rings is 1. The first-order chi connectivity index (χ1) is 18.9. The van der Waals surface area contributed by atoms with Crippen LogP contribution in [-0.2, 0) is 4.79 Å². The number of H-pyrrole nitrogens is 1. The maximum absolute atomic E-state index is 13.5. The Balaban J connectivity index is 1.36. The second kappa shape index (κ2) is 11.6. The van der Waals surface area contributed by atoms with Crippen molar-refractivity contribution in [1.29, 1.82) is 0 Å². The van der Waals surface area contributed by atoms with Gasteiger partial charge in [-0.2, -0.15) is 0 Å². The summed E-state index contributed by atoms with van der Waals surface area (Å²) in [5, 5.41) is 7.40. The van der Waals surface area contributed by atoms with Gasteiger partial charge in [0.05, 0.1) is 18.2 Å². The molecule has 2 amide bonds. The molecular formula is C28H30ClN7O3. The number of carbonyl (C=O) groups is 2. The van der Waals surface area contributed by atoms with Gasteiger partial charge in [0.25, 0.3) is 5.91 Å². The average molecular weight is 548 g/mol. The van der Waals surface area contributed by atoms with Gasteiger partial charge in [-0.05, 0) is 24.3 Å². The van der Waals surface area contributed by atoms with E-state index in [-0.39, 0.29) is 11.8 Å². The van der Waals surface area contributed by atoms with Gasteiger partial charge in [-0.3, -0.25) is 9.59 Å². The van der Waals surface area contributed by atoms with Gasteiger partial charge in [0.15, 0.2) is 5.82 Å². The molecule has 4 aromatic rings. The summed E-state index contributed by atoms with van der Waals surface area (Å²) in [5.74, 6) is 1.68. The van der Waals surface area contributed by atoms with Gasteiger partial charge in [-0.1, -0.05) is 41.9 Å². The topological polar surface area (TPSA) is 115 Å². The van der Waals surface area contributed by atoms with Crippen molar-refractivity contribution >= 4 is 46.0 Å². The van der Waals surface area contributed by atoms with Crippen molar-refractivity contribution in [2.75, 3.05) is 56.6 Å². The van der Waals surface area contributed by atoms with Crippen molar-refractivity contribution in [2.24, 2.45) is 0 Å². The third-order valence-electron chi connectivity index (χ3n) is 6.59. The number of benzene rings is 2. The highest BCUT2D eigenvalue weighted by molar-refractivity contribution is 6.31. The Kier molecular flexibility index (Phi) is 7.83. The lowest BCUT2D eigenvalue weighted by atomic mass is 10.2. The quantitative estimate of drug-likeness (QED) is 0.287. The molecule has 11 heteroatoms. The third kappa shape index (κ3) is 5.91. The molecule has 0 aliphatic carbocycles. The van der Waals surface area contributed by atoms with Crippen molar-refractivity contribution in [3.8, 4) is 17.1 Å². The molecule has 0 atom stereocenters. The largest absolute Gasteiger partial charge is 0.495 e. The molecule has 39 heavy (non-hydrogen) atoms. The molecule has 1 aliphatic rings. The van der Waals surface area contributed by atoms with E-state index in [2.05, 4.69) is 20.5 Å². The Hall–Kier alpha value is -4.31. The second-order valence-electron chi connectivity index (χ2n) is 9.21. The summed E-state index contributed by atoms with van der Waals surface area (Å²) in [6, 6.07) is 17.0. The van der Waals surface area contributed by atoms with Crippen LogP contribution < -0.4 is 20.3 Å². The first-order valence-corrected chi connectivity index (χ1v) is 13.1. The van der Waals surface area contributed by atoms with Gasteiger partial charge in [0.2, 0.25) is 5.91 Å². The minimum absolute atomic E-state index is 0.0990. The van der Waals surface area contributed by atoms with E-state index >= 15 is 0 Å². The molecule has 0 unspecified atom stereocenters. The Labute approximate surface area is 231 Å². The minimum Gasteiger partial charge on any atom is -0.495 e. The Bertz CT molecular complexity index is 1480. The van der Waals surface area contributed by atoms with Crippen LogP contribution in [0.15, 0.2) is 54.6 Å². The van der Waals surface area contributed by atoms with Crippen LogP contribution in [0.1, 0.15) is 17.4 Å². The number of anilines is 2. The molecule has 10 nitrogen and oxygen atoms in total. The lowest BCUT2D eigenvalue weighted by molar-refractivity contribution is -0.118. The van der Waals surface area contributed by atoms with Crippen LogP contribution in [0.3, 0.4) is 0 Å². The summed E-state index contributed by atoms with van der Waals surface area (Å²) in [6.45, 7) is 4.79. The fourth-order valence-electron chi connectivity index (χ4n) is 4.63. The molecule has 0 saturated carbocycles. The number of hydrogen-bond acceptors (Lipinski definition) is 7. The maximum Gasteiger partial charge on any atom is 0.270 e. The molecule has 2 aromatic heterocycles. The van der Waals surface area contributed by atoms with Gasteiger partial charge in [-0.15, -0.1) is 0 Å². The molecule has 2 aromatic carbocycles. The number of ether oxygens (including phenoxy) is 1. The summed E-state index contributed by atoms with van der Waals surface area (Å²) in [7, 11) is 1.64. The van der Waals surface area contributed by atoms with E-state index in [9.17, 15) is 9.59 Å². The van der Waals surface area contributed by atoms with Crippen LogP contribution >= 0.6 is 11.6 Å². The monoisotopic (exact) mass is 547 g/mol. The normalized spacial score (nSPS) is 13.4. The molecule has 3 N–H and O–H groups in total. The van der Waals surface area contributed by atoms with Gasteiger partial charge < -0.3 is 30.2 Å². The fourth-order valence-corrected chi connectivity index (χ4v) is 4.79. The highest BCUT2D eigenvalue weighted by Gasteiger charge is 2.26. The molecule has 0 radical (unpaired) electrons. The highest BCUT2D eigenvalue weighted by Crippen LogP contribution is 2.32. The van der Waals surface area contributed by atoms with E-state index in [1.165, 1.54) is 6.92 Å². The lowest BCUT2D eigenvalue weighted by Crippen LogP contribution is -2.49. The molecule has 3 heterocycles. The average Bonchev–Trinajstić information content (AvgIpc) is 3.40. The number of fused-ring (bicyclic) bond motifs is 1. The summed E-state index contributed by atoms with van der Waals surface area (Å²) in [6.07, 6.45) is 0. The van der Waals surface area contributed by atoms with Crippen LogP contribution in [0.25, 0.3) is 22.4 Å². The predicted octanol–water partition coefficient (Wildman–Crippen LogP) is 3.80. The summed E-state index contributed by atoms with van der Waals surface area (Å²) < 4.78 is 5.51. The van der Waals surface area contributed by atoms with E-state index < -0.39 is 0 Å². The number of methoxy groups -OCH3 is 1. The summed E-state index contributed by atoms with van der Waals surface area (Å²) in [4.78, 5) is 41.4. The second-order valence-corrected chi connectivity index (χ2v) is 9.65. The number of nitrogens with zero attached hydrogens (tertiary/aromatic N) is 4. The van der Waals surface area contributed by atoms with Gasteiger partial charge >= 0.3 is 0 Å². The molecule has 0 bridgehead atoms. The van der Waals surface area contributed by atoms with Gasteiger partial charge in [0.1, 0.15) is 22.9 Å². The Morgan fingerprint density at radius 3 is 2.51 bits per heavy atom. The fraction of sp³-hybridized carbons (Fsp3) is 0.286. The predicted molar refractivity (Wildman–Crippen MR) is 153 cm³/mol. The number of rotatable bonds is 8. The number of carbonyl (C=O) groups excluding carboxylic acids is 2. The van der Waals surface area contributed by atoms with Crippen LogP contribution in [-0.4, -0.2) is 78.0 Å². The van der Waals surface area contributed by atoms with Gasteiger partial charge in [0, 0.05) is 56.8 Å². The smallest absolute Gasteiger partial charge is 0.270 e. The number of aromatic nitrogens is 3. The van der Waals surface area contributed by atoms with Crippen molar-refractivity contribution in [3.63, 3.8) is 0 Å². The Morgan fingerprint density at radius 2 is 1.79 bits per heavy atom. The van der Waals surface area contributed by atoms with E-state index in [4.69, 9.17) is 26.3 Å². The molecule has 1 aliphatic heterocycles.